The zero-order valence-corrected chi connectivity index (χ0v) is 39.0. The quantitative estimate of drug-likeness (QED) is 0.0953. The number of fused-ring (bicyclic) bond motifs is 1. The van der Waals surface area contributed by atoms with Gasteiger partial charge in [0.05, 0.1) is 12.5 Å². The van der Waals surface area contributed by atoms with E-state index >= 15 is 0 Å². The van der Waals surface area contributed by atoms with Crippen LogP contribution >= 0.6 is 0 Å². The molecular formula is C39H42F24O13. The highest BCUT2D eigenvalue weighted by molar-refractivity contribution is 5.84. The van der Waals surface area contributed by atoms with Gasteiger partial charge >= 0.3 is 79.3 Å². The summed E-state index contributed by atoms with van der Waals surface area (Å²) in [5.74, 6) is -9.54. The molecule has 13 nitrogen and oxygen atoms in total. The van der Waals surface area contributed by atoms with E-state index in [2.05, 4.69) is 14.2 Å². The first-order valence-corrected chi connectivity index (χ1v) is 21.2. The maximum absolute atomic E-state index is 13.3. The monoisotopic (exact) mass is 1170 g/mol. The molecule has 2 aliphatic heterocycles. The van der Waals surface area contributed by atoms with Crippen LogP contribution in [0.25, 0.3) is 0 Å². The third kappa shape index (κ3) is 11.4. The lowest BCUT2D eigenvalue weighted by Gasteiger charge is -2.44. The van der Waals surface area contributed by atoms with Gasteiger partial charge in [-0.1, -0.05) is 20.8 Å². The molecule has 0 aromatic rings. The van der Waals surface area contributed by atoms with Crippen molar-refractivity contribution < 1.29 is 168 Å². The van der Waals surface area contributed by atoms with Gasteiger partial charge in [0.1, 0.15) is 28.5 Å². The van der Waals surface area contributed by atoms with Crippen LogP contribution in [-0.4, -0.2) is 142 Å². The summed E-state index contributed by atoms with van der Waals surface area (Å²) in [4.78, 5) is 58.9. The molecule has 0 spiro atoms. The molecule has 0 aromatic carbocycles. The Balaban J connectivity index is 0.000000392. The van der Waals surface area contributed by atoms with E-state index in [1.165, 1.54) is 0 Å². The molecule has 4 fully saturated rings. The van der Waals surface area contributed by atoms with Crippen molar-refractivity contribution in [1.29, 1.82) is 0 Å². The first-order chi connectivity index (χ1) is 33.5. The minimum atomic E-state index is -6.68. The van der Waals surface area contributed by atoms with Crippen LogP contribution in [0.2, 0.25) is 0 Å². The SMILES string of the molecule is CCC(C)(C(=O)OC(C(F)(F)F)C(F)(F)F)C(O)(C(F)(F)F)C(F)(F)F.CCC(C)(C(=O)OC1C2CC3C(=O)OC1C3C2)C(O)(C(F)(F)F)C(F)(F)F.CCC(C)(C(=O)OC1CCOC1=O)C(O)(C(F)(F)F)C(F)(F)F. The molecule has 0 amide bonds. The molecule has 2 aliphatic carbocycles. The summed E-state index contributed by atoms with van der Waals surface area (Å²) in [6.07, 6.45) is -62.5. The summed E-state index contributed by atoms with van der Waals surface area (Å²) in [7, 11) is 0. The molecule has 0 radical (unpaired) electrons. The van der Waals surface area contributed by atoms with Crippen molar-refractivity contribution in [2.45, 2.75) is 171 Å². The third-order valence-corrected chi connectivity index (χ3v) is 13.9. The molecule has 2 saturated heterocycles. The summed E-state index contributed by atoms with van der Waals surface area (Å²) in [5, 5.41) is 28.3. The van der Waals surface area contributed by atoms with E-state index in [9.17, 15) is 145 Å². The molecule has 4 rings (SSSR count). The Kier molecular flexibility index (Phi) is 18.7. The highest BCUT2D eigenvalue weighted by Crippen LogP contribution is 2.60. The maximum atomic E-state index is 13.3. The molecule has 9 unspecified atom stereocenters. The smallest absolute Gasteiger partial charge is 0.434 e. The number of cyclic esters (lactones) is 1. The number of hydrogen-bond donors (Lipinski definition) is 3. The lowest BCUT2D eigenvalue weighted by molar-refractivity contribution is -0.400. The predicted molar refractivity (Wildman–Crippen MR) is 193 cm³/mol. The molecule has 3 N–H and O–H groups in total. The van der Waals surface area contributed by atoms with Gasteiger partial charge < -0.3 is 39.0 Å². The van der Waals surface area contributed by atoms with Gasteiger partial charge in [-0.15, -0.1) is 0 Å². The largest absolute Gasteiger partial charge is 0.463 e. The Bertz CT molecular complexity index is 2070. The van der Waals surface area contributed by atoms with Crippen LogP contribution in [0.4, 0.5) is 105 Å². The summed E-state index contributed by atoms with van der Waals surface area (Å²) >= 11 is 0. The van der Waals surface area contributed by atoms with Crippen molar-refractivity contribution in [3.05, 3.63) is 0 Å². The van der Waals surface area contributed by atoms with Crippen molar-refractivity contribution >= 4 is 29.8 Å². The predicted octanol–water partition coefficient (Wildman–Crippen LogP) is 9.16. The van der Waals surface area contributed by atoms with Crippen LogP contribution in [0.5, 0.6) is 0 Å². The average molecular weight is 1170 g/mol. The van der Waals surface area contributed by atoms with Crippen molar-refractivity contribution in [3.63, 3.8) is 0 Å². The van der Waals surface area contributed by atoms with Crippen LogP contribution in [0.3, 0.4) is 0 Å². The molecular weight excluding hydrogens is 1130 g/mol. The van der Waals surface area contributed by atoms with Gasteiger partial charge in [-0.2, -0.15) is 105 Å². The van der Waals surface area contributed by atoms with E-state index in [4.69, 9.17) is 9.47 Å². The minimum Gasteiger partial charge on any atom is -0.463 e. The van der Waals surface area contributed by atoms with Crippen LogP contribution in [0, 0.1) is 34.0 Å². The van der Waals surface area contributed by atoms with Crippen LogP contribution in [0.1, 0.15) is 80.1 Å². The molecule has 2 bridgehead atoms. The topological polar surface area (TPSA) is 192 Å². The van der Waals surface area contributed by atoms with E-state index < -0.39 is 156 Å². The Hall–Kier alpha value is -4.45. The van der Waals surface area contributed by atoms with E-state index in [1.54, 1.807) is 0 Å². The van der Waals surface area contributed by atoms with E-state index in [-0.39, 0.29) is 44.6 Å². The fourth-order valence-corrected chi connectivity index (χ4v) is 8.72. The molecule has 4 aliphatic rings. The van der Waals surface area contributed by atoms with E-state index in [0.717, 1.165) is 13.8 Å². The Morgan fingerprint density at radius 1 is 0.526 bits per heavy atom. The first-order valence-electron chi connectivity index (χ1n) is 21.2. The van der Waals surface area contributed by atoms with Gasteiger partial charge in [0.2, 0.25) is 6.10 Å². The van der Waals surface area contributed by atoms with Gasteiger partial charge in [0.25, 0.3) is 22.9 Å². The zero-order valence-electron chi connectivity index (χ0n) is 39.0. The van der Waals surface area contributed by atoms with E-state index in [1.807, 2.05) is 0 Å². The number of halogens is 24. The Labute approximate surface area is 409 Å². The van der Waals surface area contributed by atoms with Crippen molar-refractivity contribution in [3.8, 4) is 0 Å². The number of aliphatic hydroxyl groups is 3. The lowest BCUT2D eigenvalue weighted by atomic mass is 9.70. The third-order valence-electron chi connectivity index (χ3n) is 13.9. The second-order valence-electron chi connectivity index (χ2n) is 18.2. The molecule has 76 heavy (non-hydrogen) atoms. The number of rotatable bonds is 12. The van der Waals surface area contributed by atoms with Gasteiger partial charge in [-0.3, -0.25) is 19.2 Å². The number of ether oxygens (including phenoxy) is 5. The molecule has 444 valence electrons. The number of alkyl halides is 24. The normalized spacial score (nSPS) is 25.2. The van der Waals surface area contributed by atoms with Gasteiger partial charge in [0.15, 0.2) is 0 Å². The summed E-state index contributed by atoms with van der Waals surface area (Å²) in [6.45, 7) is 2.37. The van der Waals surface area contributed by atoms with Crippen LogP contribution in [-0.2, 0) is 47.7 Å². The van der Waals surface area contributed by atoms with Gasteiger partial charge in [0, 0.05) is 18.3 Å². The summed E-state index contributed by atoms with van der Waals surface area (Å²) in [6, 6.07) is 0. The second-order valence-corrected chi connectivity index (χ2v) is 18.2. The standard InChI is InChI=1S/C16H18F6O5.C12H14F6O5.C11H10F12O3/c1-3-13(2,14(25,15(17,18)19)16(20,21)22)12(24)27-9-6-4-7-8(5-6)11(23)26-10(7)9;1-3-9(2,8(20)23-6-4-5-22-7(6)19)10(21,11(13,14)15)12(16,17)18;1-3-6(2,9(25,10(18,19)20)11(21,22)23)5(24)26-4(7(12,13)14)8(15,16)17/h6-10,25H,3-5H2,1-2H3;6,21H,3-5H2,1-2H3;4,25H,3H2,1-2H3. The lowest BCUT2D eigenvalue weighted by Crippen LogP contribution is -2.69. The fourth-order valence-electron chi connectivity index (χ4n) is 8.72. The number of esters is 5. The minimum absolute atomic E-state index is 0.178. The molecule has 2 saturated carbocycles. The molecule has 37 heteroatoms. The summed E-state index contributed by atoms with van der Waals surface area (Å²) < 4.78 is 330. The second kappa shape index (κ2) is 21.0. The Morgan fingerprint density at radius 3 is 1.14 bits per heavy atom. The Morgan fingerprint density at radius 2 is 0.855 bits per heavy atom. The van der Waals surface area contributed by atoms with Crippen molar-refractivity contribution in [2.75, 3.05) is 6.61 Å². The molecule has 0 aromatic heterocycles. The van der Waals surface area contributed by atoms with Crippen LogP contribution < -0.4 is 0 Å². The molecule has 9 atom stereocenters. The first kappa shape index (κ1) is 67.7. The highest BCUT2D eigenvalue weighted by atomic mass is 19.4. The van der Waals surface area contributed by atoms with E-state index in [0.29, 0.717) is 26.7 Å². The average Bonchev–Trinajstić information content (AvgIpc) is 3.99. The maximum Gasteiger partial charge on any atom is 0.434 e. The number of carbonyl (C=O) groups excluding carboxylic acids is 5. The summed E-state index contributed by atoms with van der Waals surface area (Å²) in [5.41, 5.74) is -27.6. The van der Waals surface area contributed by atoms with Crippen molar-refractivity contribution in [1.82, 2.24) is 0 Å². The van der Waals surface area contributed by atoms with Gasteiger partial charge in [-0.25, -0.2) is 4.79 Å². The molecule has 2 heterocycles. The zero-order chi connectivity index (χ0) is 60.4. The number of hydrogen-bond acceptors (Lipinski definition) is 13. The van der Waals surface area contributed by atoms with Crippen LogP contribution in [0.15, 0.2) is 0 Å². The highest BCUT2D eigenvalue weighted by Gasteiger charge is 2.83. The van der Waals surface area contributed by atoms with Gasteiger partial charge in [-0.05, 0) is 52.9 Å². The van der Waals surface area contributed by atoms with Crippen molar-refractivity contribution in [2.24, 2.45) is 34.0 Å². The number of carbonyl (C=O) groups is 5. The fraction of sp³-hybridized carbons (Fsp3) is 0.872.